The fraction of sp³-hybridized carbons (Fsp3) is 0.333. The predicted octanol–water partition coefficient (Wildman–Crippen LogP) is 4.57. The summed E-state index contributed by atoms with van der Waals surface area (Å²) >= 11 is 6.06. The first-order valence-corrected chi connectivity index (χ1v) is 7.22. The Hall–Kier alpha value is -1.88. The Bertz CT molecular complexity index is 631. The van der Waals surface area contributed by atoms with Crippen LogP contribution in [-0.4, -0.2) is 16.5 Å². The lowest BCUT2D eigenvalue weighted by atomic mass is 10.2. The van der Waals surface area contributed by atoms with Gasteiger partial charge in [-0.25, -0.2) is 14.4 Å². The Labute approximate surface area is 128 Å². The Kier molecular flexibility index (Phi) is 4.96. The Morgan fingerprint density at radius 2 is 1.90 bits per heavy atom. The van der Waals surface area contributed by atoms with Crippen molar-refractivity contribution in [2.45, 2.75) is 26.7 Å². The number of nitrogens with zero attached hydrogens (tertiary/aromatic N) is 2. The minimum Gasteiger partial charge on any atom is -0.370 e. The Balaban J connectivity index is 2.36. The van der Waals surface area contributed by atoms with Gasteiger partial charge in [-0.05, 0) is 25.1 Å². The van der Waals surface area contributed by atoms with Gasteiger partial charge in [0.15, 0.2) is 0 Å². The number of hydrogen-bond acceptors (Lipinski definition) is 4. The first kappa shape index (κ1) is 15.5. The lowest BCUT2D eigenvalue weighted by molar-refractivity contribution is 0.628. The SMILES string of the molecule is CCNc1cc(Nc2cc(F)ccc2Cl)nc(C(C)C)n1. The highest BCUT2D eigenvalue weighted by atomic mass is 35.5. The molecule has 0 saturated carbocycles. The van der Waals surface area contributed by atoms with Crippen molar-refractivity contribution in [3.8, 4) is 0 Å². The van der Waals surface area contributed by atoms with Crippen LogP contribution in [-0.2, 0) is 0 Å². The van der Waals surface area contributed by atoms with E-state index in [4.69, 9.17) is 11.6 Å². The van der Waals surface area contributed by atoms with Crippen molar-refractivity contribution < 1.29 is 4.39 Å². The highest BCUT2D eigenvalue weighted by Gasteiger charge is 2.10. The molecule has 2 N–H and O–H groups in total. The van der Waals surface area contributed by atoms with E-state index in [0.717, 1.165) is 12.4 Å². The molecule has 1 aromatic carbocycles. The van der Waals surface area contributed by atoms with Gasteiger partial charge in [0.2, 0.25) is 0 Å². The van der Waals surface area contributed by atoms with Crippen molar-refractivity contribution in [1.82, 2.24) is 9.97 Å². The van der Waals surface area contributed by atoms with Gasteiger partial charge in [0.25, 0.3) is 0 Å². The lowest BCUT2D eigenvalue weighted by Crippen LogP contribution is -2.07. The number of anilines is 3. The number of nitrogens with one attached hydrogen (secondary N) is 2. The molecule has 0 fully saturated rings. The average Bonchev–Trinajstić information content (AvgIpc) is 2.43. The highest BCUT2D eigenvalue weighted by Crippen LogP contribution is 2.27. The molecule has 4 nitrogen and oxygen atoms in total. The van der Waals surface area contributed by atoms with E-state index in [1.165, 1.54) is 18.2 Å². The van der Waals surface area contributed by atoms with Crippen LogP contribution < -0.4 is 10.6 Å². The van der Waals surface area contributed by atoms with Crippen molar-refractivity contribution in [2.24, 2.45) is 0 Å². The molecular weight excluding hydrogens is 291 g/mol. The number of halogens is 2. The molecule has 0 atom stereocenters. The minimum atomic E-state index is -0.355. The third kappa shape index (κ3) is 4.04. The van der Waals surface area contributed by atoms with E-state index in [2.05, 4.69) is 20.6 Å². The molecule has 2 aromatic rings. The van der Waals surface area contributed by atoms with Gasteiger partial charge in [0.05, 0.1) is 10.7 Å². The summed E-state index contributed by atoms with van der Waals surface area (Å²) in [6.07, 6.45) is 0. The predicted molar refractivity (Wildman–Crippen MR) is 85.0 cm³/mol. The molecule has 0 aliphatic carbocycles. The summed E-state index contributed by atoms with van der Waals surface area (Å²) in [7, 11) is 0. The smallest absolute Gasteiger partial charge is 0.136 e. The summed E-state index contributed by atoms with van der Waals surface area (Å²) in [6, 6.07) is 5.94. The highest BCUT2D eigenvalue weighted by molar-refractivity contribution is 6.33. The van der Waals surface area contributed by atoms with Crippen LogP contribution in [0.1, 0.15) is 32.5 Å². The molecule has 6 heteroatoms. The average molecular weight is 309 g/mol. The summed E-state index contributed by atoms with van der Waals surface area (Å²) in [5.74, 6) is 1.85. The summed E-state index contributed by atoms with van der Waals surface area (Å²) < 4.78 is 13.3. The fourth-order valence-electron chi connectivity index (χ4n) is 1.79. The molecule has 0 amide bonds. The van der Waals surface area contributed by atoms with E-state index in [1.54, 1.807) is 6.07 Å². The molecule has 0 radical (unpaired) electrons. The maximum atomic E-state index is 13.3. The van der Waals surface area contributed by atoms with Gasteiger partial charge in [-0.3, -0.25) is 0 Å². The van der Waals surface area contributed by atoms with Crippen LogP contribution in [0.25, 0.3) is 0 Å². The molecule has 1 heterocycles. The molecule has 1 aromatic heterocycles. The summed E-state index contributed by atoms with van der Waals surface area (Å²) in [5.41, 5.74) is 0.479. The van der Waals surface area contributed by atoms with Crippen molar-refractivity contribution in [3.63, 3.8) is 0 Å². The first-order chi connectivity index (χ1) is 9.99. The second-order valence-electron chi connectivity index (χ2n) is 4.93. The molecule has 112 valence electrons. The number of aromatic nitrogens is 2. The van der Waals surface area contributed by atoms with Crippen LogP contribution >= 0.6 is 11.6 Å². The molecular formula is C15H18ClFN4. The normalized spacial score (nSPS) is 10.8. The molecule has 0 aliphatic heterocycles. The molecule has 21 heavy (non-hydrogen) atoms. The molecule has 0 spiro atoms. The van der Waals surface area contributed by atoms with Gasteiger partial charge in [-0.15, -0.1) is 0 Å². The molecule has 0 aliphatic rings. The molecule has 2 rings (SSSR count). The van der Waals surface area contributed by atoms with Crippen LogP contribution in [0.2, 0.25) is 5.02 Å². The fourth-order valence-corrected chi connectivity index (χ4v) is 1.96. The summed E-state index contributed by atoms with van der Waals surface area (Å²) in [5, 5.41) is 6.64. The van der Waals surface area contributed by atoms with E-state index in [0.29, 0.717) is 22.4 Å². The maximum absolute atomic E-state index is 13.3. The number of benzene rings is 1. The third-order valence-corrected chi connectivity index (χ3v) is 3.14. The van der Waals surface area contributed by atoms with E-state index < -0.39 is 0 Å². The van der Waals surface area contributed by atoms with Crippen LogP contribution in [0.3, 0.4) is 0 Å². The number of rotatable bonds is 5. The molecule has 0 saturated heterocycles. The standard InChI is InChI=1S/C15H18ClFN4/c1-4-18-13-8-14(21-15(20-13)9(2)3)19-12-7-10(17)5-6-11(12)16/h5-9H,4H2,1-3H3,(H2,18,19,20,21). The number of hydrogen-bond donors (Lipinski definition) is 2. The molecule has 0 unspecified atom stereocenters. The first-order valence-electron chi connectivity index (χ1n) is 6.84. The monoisotopic (exact) mass is 308 g/mol. The van der Waals surface area contributed by atoms with Gasteiger partial charge in [0, 0.05) is 18.5 Å². The summed E-state index contributed by atoms with van der Waals surface area (Å²) in [4.78, 5) is 8.87. The van der Waals surface area contributed by atoms with Crippen LogP contribution in [0, 0.1) is 5.82 Å². The van der Waals surface area contributed by atoms with Crippen LogP contribution in [0.4, 0.5) is 21.7 Å². The lowest BCUT2D eigenvalue weighted by Gasteiger charge is -2.13. The zero-order chi connectivity index (χ0) is 15.4. The van der Waals surface area contributed by atoms with Gasteiger partial charge >= 0.3 is 0 Å². The quantitative estimate of drug-likeness (QED) is 0.849. The van der Waals surface area contributed by atoms with E-state index in [-0.39, 0.29) is 11.7 Å². The Morgan fingerprint density at radius 1 is 1.19 bits per heavy atom. The summed E-state index contributed by atoms with van der Waals surface area (Å²) in [6.45, 7) is 6.79. The zero-order valence-electron chi connectivity index (χ0n) is 12.2. The molecule has 0 bridgehead atoms. The zero-order valence-corrected chi connectivity index (χ0v) is 13.0. The third-order valence-electron chi connectivity index (χ3n) is 2.81. The van der Waals surface area contributed by atoms with Gasteiger partial charge in [-0.1, -0.05) is 25.4 Å². The van der Waals surface area contributed by atoms with Crippen LogP contribution in [0.5, 0.6) is 0 Å². The van der Waals surface area contributed by atoms with Crippen molar-refractivity contribution in [1.29, 1.82) is 0 Å². The minimum absolute atomic E-state index is 0.187. The second-order valence-corrected chi connectivity index (χ2v) is 5.34. The van der Waals surface area contributed by atoms with Crippen molar-refractivity contribution in [2.75, 3.05) is 17.2 Å². The van der Waals surface area contributed by atoms with Crippen molar-refractivity contribution >= 4 is 28.9 Å². The van der Waals surface area contributed by atoms with Gasteiger partial charge < -0.3 is 10.6 Å². The second kappa shape index (κ2) is 6.72. The Morgan fingerprint density at radius 3 is 2.57 bits per heavy atom. The van der Waals surface area contributed by atoms with E-state index in [9.17, 15) is 4.39 Å². The van der Waals surface area contributed by atoms with E-state index >= 15 is 0 Å². The van der Waals surface area contributed by atoms with E-state index in [1.807, 2.05) is 20.8 Å². The topological polar surface area (TPSA) is 49.8 Å². The largest absolute Gasteiger partial charge is 0.370 e. The van der Waals surface area contributed by atoms with Crippen molar-refractivity contribution in [3.05, 3.63) is 40.9 Å². The van der Waals surface area contributed by atoms with Gasteiger partial charge in [0.1, 0.15) is 23.3 Å². The van der Waals surface area contributed by atoms with Crippen LogP contribution in [0.15, 0.2) is 24.3 Å². The van der Waals surface area contributed by atoms with Gasteiger partial charge in [-0.2, -0.15) is 0 Å². The maximum Gasteiger partial charge on any atom is 0.136 e.